The van der Waals surface area contributed by atoms with E-state index in [1.807, 2.05) is 0 Å². The Labute approximate surface area is 200 Å². The number of benzene rings is 6. The van der Waals surface area contributed by atoms with Crippen LogP contribution in [0.3, 0.4) is 0 Å². The number of hydrogen-bond donors (Lipinski definition) is 3. The second kappa shape index (κ2) is 6.76. The predicted octanol–water partition coefficient (Wildman–Crippen LogP) is 4.15. The van der Waals surface area contributed by atoms with E-state index in [1.165, 1.54) is 6.07 Å². The molecule has 7 nitrogen and oxygen atoms in total. The van der Waals surface area contributed by atoms with E-state index in [0.717, 1.165) is 0 Å². The summed E-state index contributed by atoms with van der Waals surface area (Å²) in [5.74, 6) is -0.344. The number of aromatic hydroxyl groups is 1. The Hall–Kier alpha value is -5.04. The molecule has 3 N–H and O–H groups in total. The summed E-state index contributed by atoms with van der Waals surface area (Å²) >= 11 is 0. The molecule has 0 aliphatic rings. The number of phenolic OH excluding ortho intramolecular Hbond substituents is 1. The molecule has 0 atom stereocenters. The molecular formula is C29H16N2O5. The molecule has 7 rings (SSSR count). The molecule has 7 heteroatoms. The van der Waals surface area contributed by atoms with Gasteiger partial charge in [0.25, 0.3) is 0 Å². The molecule has 0 amide bonds. The van der Waals surface area contributed by atoms with Crippen molar-refractivity contribution in [3.8, 4) is 5.75 Å². The highest BCUT2D eigenvalue weighted by molar-refractivity contribution is 6.16. The lowest BCUT2D eigenvalue weighted by molar-refractivity contribution is 0.482. The monoisotopic (exact) mass is 472 g/mol. The van der Waals surface area contributed by atoms with E-state index in [-0.39, 0.29) is 49.0 Å². The van der Waals surface area contributed by atoms with Crippen molar-refractivity contribution in [2.45, 2.75) is 6.92 Å². The van der Waals surface area contributed by atoms with Crippen LogP contribution >= 0.6 is 0 Å². The van der Waals surface area contributed by atoms with E-state index in [4.69, 9.17) is 0 Å². The van der Waals surface area contributed by atoms with Gasteiger partial charge in [-0.1, -0.05) is 48.5 Å². The first kappa shape index (κ1) is 20.3. The van der Waals surface area contributed by atoms with Crippen LogP contribution in [0.4, 0.5) is 0 Å². The van der Waals surface area contributed by atoms with E-state index in [2.05, 4.69) is 9.97 Å². The first-order valence-corrected chi connectivity index (χ1v) is 11.3. The number of nitrogens with one attached hydrogen (secondary N) is 2. The average molecular weight is 472 g/mol. The fraction of sp³-hybridized carbons (Fsp3) is 0.0345. The number of rotatable bonds is 0. The Morgan fingerprint density at radius 3 is 1.44 bits per heavy atom. The highest BCUT2D eigenvalue weighted by atomic mass is 16.3. The molecule has 0 aliphatic heterocycles. The number of aryl methyl sites for hydroxylation is 1. The summed E-state index contributed by atoms with van der Waals surface area (Å²) in [5, 5.41) is 12.5. The maximum absolute atomic E-state index is 13.6. The van der Waals surface area contributed by atoms with Gasteiger partial charge in [-0.2, -0.15) is 0 Å². The number of aromatic nitrogens is 2. The van der Waals surface area contributed by atoms with Gasteiger partial charge in [0.1, 0.15) is 5.75 Å². The van der Waals surface area contributed by atoms with Gasteiger partial charge in [-0.25, -0.2) is 0 Å². The van der Waals surface area contributed by atoms with Crippen molar-refractivity contribution in [1.29, 1.82) is 0 Å². The quantitative estimate of drug-likeness (QED) is 0.226. The van der Waals surface area contributed by atoms with Gasteiger partial charge in [-0.05, 0) is 18.6 Å². The first-order chi connectivity index (χ1) is 17.4. The molecular weight excluding hydrogens is 456 g/mol. The highest BCUT2D eigenvalue weighted by Gasteiger charge is 2.20. The van der Waals surface area contributed by atoms with Crippen molar-refractivity contribution in [3.63, 3.8) is 0 Å². The van der Waals surface area contributed by atoms with Crippen LogP contribution in [0.5, 0.6) is 5.75 Å². The minimum absolute atomic E-state index is 0.0648. The molecule has 172 valence electrons. The van der Waals surface area contributed by atoms with Crippen molar-refractivity contribution < 1.29 is 5.11 Å². The topological polar surface area (TPSA) is 120 Å². The van der Waals surface area contributed by atoms with Crippen LogP contribution < -0.4 is 21.7 Å². The van der Waals surface area contributed by atoms with Crippen LogP contribution in [0.2, 0.25) is 0 Å². The molecule has 0 saturated heterocycles. The minimum atomic E-state index is -0.438. The van der Waals surface area contributed by atoms with E-state index < -0.39 is 5.43 Å². The maximum Gasteiger partial charge on any atom is 0.198 e. The van der Waals surface area contributed by atoms with Crippen LogP contribution in [0.1, 0.15) is 5.56 Å². The van der Waals surface area contributed by atoms with E-state index in [1.54, 1.807) is 61.5 Å². The largest absolute Gasteiger partial charge is 0.507 e. The lowest BCUT2D eigenvalue weighted by atomic mass is 9.97. The number of fused-ring (bicyclic) bond motifs is 8. The predicted molar refractivity (Wildman–Crippen MR) is 143 cm³/mol. The second-order valence-electron chi connectivity index (χ2n) is 9.09. The summed E-state index contributed by atoms with van der Waals surface area (Å²) in [6, 6.07) is 16.3. The Bertz CT molecular complexity index is 2200. The molecule has 0 unspecified atom stereocenters. The normalized spacial score (nSPS) is 12.0. The third kappa shape index (κ3) is 2.41. The van der Waals surface area contributed by atoms with Crippen molar-refractivity contribution in [3.05, 3.63) is 107 Å². The molecule has 7 aromatic rings. The third-order valence-corrected chi connectivity index (χ3v) is 7.09. The van der Waals surface area contributed by atoms with Gasteiger partial charge in [-0.15, -0.1) is 0 Å². The van der Waals surface area contributed by atoms with Crippen LogP contribution in [-0.2, 0) is 0 Å². The standard InChI is InChI=1S/C29H16N2O5/c1-12-10-17-24(22-20(12)26(33)13-6-2-4-8-15(13)28(22)35)31-18-11-19(32)21-23(25(18)30-17)29(36)16-9-5-3-7-14(16)27(21)34/h2-11,30-32H,1H3. The van der Waals surface area contributed by atoms with Crippen LogP contribution in [0, 0.1) is 6.92 Å². The second-order valence-corrected chi connectivity index (χ2v) is 9.09. The number of H-pyrrole nitrogens is 2. The zero-order valence-corrected chi connectivity index (χ0v) is 18.9. The summed E-state index contributed by atoms with van der Waals surface area (Å²) in [5.41, 5.74) is 0.777. The highest BCUT2D eigenvalue weighted by Crippen LogP contribution is 2.32. The summed E-state index contributed by atoms with van der Waals surface area (Å²) < 4.78 is 0. The van der Waals surface area contributed by atoms with Crippen molar-refractivity contribution in [2.75, 3.05) is 0 Å². The van der Waals surface area contributed by atoms with Gasteiger partial charge in [0, 0.05) is 33.0 Å². The van der Waals surface area contributed by atoms with Gasteiger partial charge < -0.3 is 15.1 Å². The third-order valence-electron chi connectivity index (χ3n) is 7.09. The molecule has 6 aromatic carbocycles. The average Bonchev–Trinajstić information content (AvgIpc) is 2.88. The van der Waals surface area contributed by atoms with Gasteiger partial charge in [0.15, 0.2) is 21.7 Å². The van der Waals surface area contributed by atoms with Crippen LogP contribution in [-0.4, -0.2) is 15.1 Å². The lowest BCUT2D eigenvalue weighted by Gasteiger charge is -2.12. The van der Waals surface area contributed by atoms with Crippen molar-refractivity contribution in [2.24, 2.45) is 0 Å². The first-order valence-electron chi connectivity index (χ1n) is 11.3. The number of phenols is 1. The van der Waals surface area contributed by atoms with Crippen molar-refractivity contribution >= 4 is 65.2 Å². The molecule has 0 saturated carbocycles. The number of hydrogen-bond acceptors (Lipinski definition) is 5. The molecule has 0 aliphatic carbocycles. The maximum atomic E-state index is 13.6. The molecule has 0 radical (unpaired) electrons. The van der Waals surface area contributed by atoms with E-state index >= 15 is 0 Å². The molecule has 1 aromatic heterocycles. The van der Waals surface area contributed by atoms with Crippen molar-refractivity contribution in [1.82, 2.24) is 9.97 Å². The van der Waals surface area contributed by atoms with E-state index in [9.17, 15) is 24.3 Å². The summed E-state index contributed by atoms with van der Waals surface area (Å²) in [6.45, 7) is 1.76. The lowest BCUT2D eigenvalue weighted by Crippen LogP contribution is -2.15. The molecule has 0 spiro atoms. The molecule has 1 heterocycles. The summed E-state index contributed by atoms with van der Waals surface area (Å²) in [4.78, 5) is 60.0. The minimum Gasteiger partial charge on any atom is -0.507 e. The Balaban J connectivity index is 1.77. The van der Waals surface area contributed by atoms with Crippen LogP contribution in [0.25, 0.3) is 65.2 Å². The van der Waals surface area contributed by atoms with Gasteiger partial charge in [0.05, 0.1) is 38.2 Å². The fourth-order valence-corrected chi connectivity index (χ4v) is 5.49. The molecule has 0 bridgehead atoms. The Morgan fingerprint density at radius 1 is 0.556 bits per heavy atom. The SMILES string of the molecule is Cc1cc2[nH]c3c(cc(O)c4c(=O)c5ccccc5c(=O)c43)[nH]c2c2c(=O)c3ccccc3c(=O)c12. The summed E-state index contributed by atoms with van der Waals surface area (Å²) in [7, 11) is 0. The molecule has 0 fully saturated rings. The number of aromatic amines is 2. The smallest absolute Gasteiger partial charge is 0.198 e. The van der Waals surface area contributed by atoms with Gasteiger partial charge in [-0.3, -0.25) is 19.2 Å². The van der Waals surface area contributed by atoms with Gasteiger partial charge in [0.2, 0.25) is 0 Å². The fourth-order valence-electron chi connectivity index (χ4n) is 5.49. The zero-order chi connectivity index (χ0) is 24.9. The van der Waals surface area contributed by atoms with Gasteiger partial charge >= 0.3 is 0 Å². The van der Waals surface area contributed by atoms with E-state index in [0.29, 0.717) is 43.8 Å². The Kier molecular flexibility index (Phi) is 3.82. The molecule has 36 heavy (non-hydrogen) atoms. The Morgan fingerprint density at radius 2 is 0.944 bits per heavy atom. The summed E-state index contributed by atoms with van der Waals surface area (Å²) in [6.07, 6.45) is 0. The van der Waals surface area contributed by atoms with Crippen LogP contribution in [0.15, 0.2) is 79.8 Å². The zero-order valence-electron chi connectivity index (χ0n) is 18.9.